The van der Waals surface area contributed by atoms with Crippen molar-refractivity contribution in [2.45, 2.75) is 32.6 Å². The van der Waals surface area contributed by atoms with Crippen molar-refractivity contribution in [3.05, 3.63) is 27.6 Å². The summed E-state index contributed by atoms with van der Waals surface area (Å²) in [7, 11) is 1.95. The summed E-state index contributed by atoms with van der Waals surface area (Å²) in [5.41, 5.74) is 4.99. The van der Waals surface area contributed by atoms with Crippen LogP contribution in [0.5, 0.6) is 0 Å². The van der Waals surface area contributed by atoms with Gasteiger partial charge in [-0.1, -0.05) is 0 Å². The number of hydrogen-bond acceptors (Lipinski definition) is 4. The molecule has 2 aromatic heterocycles. The molecule has 3 rings (SSSR count). The van der Waals surface area contributed by atoms with Crippen LogP contribution < -0.4 is 5.32 Å². The third-order valence-corrected chi connectivity index (χ3v) is 4.38. The summed E-state index contributed by atoms with van der Waals surface area (Å²) in [6.07, 6.45) is 4.69. The maximum Gasteiger partial charge on any atom is 0.162 e. The molecule has 1 N–H and O–H groups in total. The van der Waals surface area contributed by atoms with Crippen LogP contribution >= 0.6 is 11.3 Å². The molecule has 0 amide bonds. The van der Waals surface area contributed by atoms with Crippen molar-refractivity contribution in [1.29, 1.82) is 0 Å². The predicted molar refractivity (Wildman–Crippen MR) is 76.3 cm³/mol. The lowest BCUT2D eigenvalue weighted by atomic mass is 9.96. The Morgan fingerprint density at radius 2 is 2.00 bits per heavy atom. The molecular formula is C14H17N3S. The van der Waals surface area contributed by atoms with Crippen LogP contribution in [0.25, 0.3) is 11.4 Å². The summed E-state index contributed by atoms with van der Waals surface area (Å²) in [6, 6.07) is 0. The van der Waals surface area contributed by atoms with Gasteiger partial charge in [-0.15, -0.1) is 0 Å². The molecule has 0 unspecified atom stereocenters. The SMILES string of the molecule is CNc1nc(-c2cscc2C)nc2c1CCCC2. The summed E-state index contributed by atoms with van der Waals surface area (Å²) < 4.78 is 0. The van der Waals surface area contributed by atoms with Crippen molar-refractivity contribution in [1.82, 2.24) is 9.97 Å². The maximum atomic E-state index is 4.78. The fraction of sp³-hybridized carbons (Fsp3) is 0.429. The molecular weight excluding hydrogens is 242 g/mol. The van der Waals surface area contributed by atoms with E-state index < -0.39 is 0 Å². The van der Waals surface area contributed by atoms with Crippen molar-refractivity contribution in [2.24, 2.45) is 0 Å². The minimum absolute atomic E-state index is 0.874. The number of anilines is 1. The number of aryl methyl sites for hydroxylation is 2. The molecule has 2 aromatic rings. The van der Waals surface area contributed by atoms with Crippen LogP contribution in [0.2, 0.25) is 0 Å². The highest BCUT2D eigenvalue weighted by Gasteiger charge is 2.18. The van der Waals surface area contributed by atoms with Crippen LogP contribution in [0.4, 0.5) is 5.82 Å². The quantitative estimate of drug-likeness (QED) is 0.898. The average molecular weight is 259 g/mol. The van der Waals surface area contributed by atoms with Crippen LogP contribution in [-0.2, 0) is 12.8 Å². The van der Waals surface area contributed by atoms with Gasteiger partial charge in [0, 0.05) is 29.2 Å². The smallest absolute Gasteiger partial charge is 0.162 e. The summed E-state index contributed by atoms with van der Waals surface area (Å²) >= 11 is 1.71. The molecule has 0 radical (unpaired) electrons. The Kier molecular flexibility index (Phi) is 3.04. The van der Waals surface area contributed by atoms with E-state index in [0.717, 1.165) is 24.5 Å². The average Bonchev–Trinajstić information content (AvgIpc) is 2.83. The molecule has 1 aliphatic carbocycles. The van der Waals surface area contributed by atoms with Crippen molar-refractivity contribution in [3.63, 3.8) is 0 Å². The second-order valence-corrected chi connectivity index (χ2v) is 5.49. The number of aromatic nitrogens is 2. The first kappa shape index (κ1) is 11.7. The molecule has 0 spiro atoms. The van der Waals surface area contributed by atoms with Gasteiger partial charge in [0.25, 0.3) is 0 Å². The van der Waals surface area contributed by atoms with Gasteiger partial charge in [0.15, 0.2) is 5.82 Å². The Morgan fingerprint density at radius 3 is 2.72 bits per heavy atom. The van der Waals surface area contributed by atoms with Gasteiger partial charge in [0.2, 0.25) is 0 Å². The summed E-state index contributed by atoms with van der Waals surface area (Å²) in [5.74, 6) is 1.89. The third-order valence-electron chi connectivity index (χ3n) is 3.52. The van der Waals surface area contributed by atoms with E-state index in [4.69, 9.17) is 9.97 Å². The largest absolute Gasteiger partial charge is 0.373 e. The fourth-order valence-corrected chi connectivity index (χ4v) is 3.34. The molecule has 0 saturated carbocycles. The van der Waals surface area contributed by atoms with Crippen LogP contribution in [-0.4, -0.2) is 17.0 Å². The highest BCUT2D eigenvalue weighted by molar-refractivity contribution is 7.08. The summed E-state index contributed by atoms with van der Waals surface area (Å²) in [5, 5.41) is 7.52. The molecule has 4 heteroatoms. The maximum absolute atomic E-state index is 4.78. The van der Waals surface area contributed by atoms with E-state index in [-0.39, 0.29) is 0 Å². The highest BCUT2D eigenvalue weighted by Crippen LogP contribution is 2.30. The van der Waals surface area contributed by atoms with Crippen LogP contribution in [0.1, 0.15) is 29.7 Å². The lowest BCUT2D eigenvalue weighted by molar-refractivity contribution is 0.665. The van der Waals surface area contributed by atoms with Gasteiger partial charge in [-0.25, -0.2) is 9.97 Å². The van der Waals surface area contributed by atoms with Crippen LogP contribution in [0, 0.1) is 6.92 Å². The first-order valence-electron chi connectivity index (χ1n) is 6.40. The second kappa shape index (κ2) is 4.69. The van der Waals surface area contributed by atoms with Crippen molar-refractivity contribution in [2.75, 3.05) is 12.4 Å². The van der Waals surface area contributed by atoms with E-state index in [1.54, 1.807) is 11.3 Å². The molecule has 0 aliphatic heterocycles. The Balaban J connectivity index is 2.14. The fourth-order valence-electron chi connectivity index (χ4n) is 2.51. The number of nitrogens with zero attached hydrogens (tertiary/aromatic N) is 2. The first-order chi connectivity index (χ1) is 8.79. The van der Waals surface area contributed by atoms with E-state index >= 15 is 0 Å². The van der Waals surface area contributed by atoms with Gasteiger partial charge in [-0.2, -0.15) is 11.3 Å². The predicted octanol–water partition coefficient (Wildman–Crippen LogP) is 3.43. The second-order valence-electron chi connectivity index (χ2n) is 4.75. The molecule has 0 aromatic carbocycles. The zero-order valence-electron chi connectivity index (χ0n) is 10.8. The Morgan fingerprint density at radius 1 is 1.17 bits per heavy atom. The minimum Gasteiger partial charge on any atom is -0.373 e. The molecule has 2 heterocycles. The van der Waals surface area contributed by atoms with Gasteiger partial charge in [-0.05, 0) is 43.6 Å². The number of fused-ring (bicyclic) bond motifs is 1. The Labute approximate surface area is 111 Å². The number of rotatable bonds is 2. The van der Waals surface area contributed by atoms with Crippen LogP contribution in [0.15, 0.2) is 10.8 Å². The topological polar surface area (TPSA) is 37.8 Å². The highest BCUT2D eigenvalue weighted by atomic mass is 32.1. The van der Waals surface area contributed by atoms with E-state index in [1.165, 1.54) is 35.2 Å². The molecule has 1 aliphatic rings. The minimum atomic E-state index is 0.874. The molecule has 18 heavy (non-hydrogen) atoms. The van der Waals surface area contributed by atoms with Gasteiger partial charge in [0.1, 0.15) is 5.82 Å². The summed E-state index contributed by atoms with van der Waals surface area (Å²) in [4.78, 5) is 9.47. The molecule has 94 valence electrons. The van der Waals surface area contributed by atoms with E-state index in [1.807, 2.05) is 7.05 Å². The monoisotopic (exact) mass is 259 g/mol. The van der Waals surface area contributed by atoms with E-state index in [0.29, 0.717) is 0 Å². The number of thiophene rings is 1. The third kappa shape index (κ3) is 1.90. The Hall–Kier alpha value is -1.42. The van der Waals surface area contributed by atoms with Crippen molar-refractivity contribution in [3.8, 4) is 11.4 Å². The lowest BCUT2D eigenvalue weighted by Crippen LogP contribution is -2.11. The van der Waals surface area contributed by atoms with Crippen molar-refractivity contribution >= 4 is 17.2 Å². The van der Waals surface area contributed by atoms with Crippen molar-refractivity contribution < 1.29 is 0 Å². The molecule has 0 saturated heterocycles. The number of nitrogens with one attached hydrogen (secondary N) is 1. The lowest BCUT2D eigenvalue weighted by Gasteiger charge is -2.18. The Bertz CT molecular complexity index is 557. The number of hydrogen-bond donors (Lipinski definition) is 1. The van der Waals surface area contributed by atoms with Gasteiger partial charge in [-0.3, -0.25) is 0 Å². The first-order valence-corrected chi connectivity index (χ1v) is 7.34. The molecule has 0 fully saturated rings. The molecule has 3 nitrogen and oxygen atoms in total. The van der Waals surface area contributed by atoms with Gasteiger partial charge >= 0.3 is 0 Å². The van der Waals surface area contributed by atoms with Gasteiger partial charge in [0.05, 0.1) is 0 Å². The standard InChI is InChI=1S/C14H17N3S/c1-9-7-18-8-11(9)14-16-12-6-4-3-5-10(12)13(15-2)17-14/h7-8H,3-6H2,1-2H3,(H,15,16,17). The van der Waals surface area contributed by atoms with Gasteiger partial charge < -0.3 is 5.32 Å². The summed E-state index contributed by atoms with van der Waals surface area (Å²) in [6.45, 7) is 2.12. The molecule has 0 bridgehead atoms. The zero-order chi connectivity index (χ0) is 12.5. The van der Waals surface area contributed by atoms with E-state index in [2.05, 4.69) is 23.0 Å². The van der Waals surface area contributed by atoms with Crippen LogP contribution in [0.3, 0.4) is 0 Å². The molecule has 0 atom stereocenters. The van der Waals surface area contributed by atoms with E-state index in [9.17, 15) is 0 Å². The normalized spacial score (nSPS) is 14.3. The zero-order valence-corrected chi connectivity index (χ0v) is 11.6.